The van der Waals surface area contributed by atoms with Crippen LogP contribution < -0.4 is 4.90 Å². The normalized spacial score (nSPS) is 10.5. The van der Waals surface area contributed by atoms with Gasteiger partial charge >= 0.3 is 5.97 Å². The topological polar surface area (TPSA) is 40.5 Å². The standard InChI is InChI=1S/C16H19NO2S/c1-12-5-3-4-6-14(12)17(9-7-16(18)19)11-15-13(2)8-10-20-15/h3-6,8,10H,7,9,11H2,1-2H3,(H,18,19). The zero-order valence-corrected chi connectivity index (χ0v) is 12.6. The summed E-state index contributed by atoms with van der Waals surface area (Å²) >= 11 is 1.72. The molecule has 0 radical (unpaired) electrons. The molecule has 0 spiro atoms. The van der Waals surface area contributed by atoms with E-state index in [-0.39, 0.29) is 6.42 Å². The zero-order chi connectivity index (χ0) is 14.5. The van der Waals surface area contributed by atoms with Gasteiger partial charge in [0.2, 0.25) is 0 Å². The van der Waals surface area contributed by atoms with Gasteiger partial charge in [-0.2, -0.15) is 0 Å². The molecule has 0 saturated heterocycles. The molecule has 4 heteroatoms. The molecular weight excluding hydrogens is 270 g/mol. The van der Waals surface area contributed by atoms with Crippen LogP contribution in [-0.4, -0.2) is 17.6 Å². The molecule has 0 atom stereocenters. The van der Waals surface area contributed by atoms with E-state index in [1.165, 1.54) is 16.0 Å². The smallest absolute Gasteiger partial charge is 0.305 e. The number of thiophene rings is 1. The second-order valence-corrected chi connectivity index (χ2v) is 5.88. The van der Waals surface area contributed by atoms with E-state index in [1.807, 2.05) is 12.1 Å². The summed E-state index contributed by atoms with van der Waals surface area (Å²) in [5.41, 5.74) is 3.55. The minimum absolute atomic E-state index is 0.152. The Morgan fingerprint density at radius 2 is 1.95 bits per heavy atom. The number of carboxylic acid groups (broad SMARTS) is 1. The molecular formula is C16H19NO2S. The Labute approximate surface area is 123 Å². The van der Waals surface area contributed by atoms with E-state index in [2.05, 4.69) is 42.3 Å². The van der Waals surface area contributed by atoms with Crippen molar-refractivity contribution in [3.63, 3.8) is 0 Å². The lowest BCUT2D eigenvalue weighted by Gasteiger charge is -2.25. The van der Waals surface area contributed by atoms with Crippen LogP contribution in [0, 0.1) is 13.8 Å². The van der Waals surface area contributed by atoms with Crippen molar-refractivity contribution in [2.45, 2.75) is 26.8 Å². The predicted molar refractivity (Wildman–Crippen MR) is 83.5 cm³/mol. The average molecular weight is 289 g/mol. The van der Waals surface area contributed by atoms with Crippen LogP contribution in [0.2, 0.25) is 0 Å². The number of anilines is 1. The first-order valence-electron chi connectivity index (χ1n) is 6.63. The average Bonchev–Trinajstić information content (AvgIpc) is 2.81. The summed E-state index contributed by atoms with van der Waals surface area (Å²) in [5.74, 6) is -0.758. The fraction of sp³-hybridized carbons (Fsp3) is 0.312. The fourth-order valence-corrected chi connectivity index (χ4v) is 3.09. The Hall–Kier alpha value is -1.81. The van der Waals surface area contributed by atoms with E-state index in [1.54, 1.807) is 11.3 Å². The van der Waals surface area contributed by atoms with Gasteiger partial charge in [0, 0.05) is 17.1 Å². The lowest BCUT2D eigenvalue weighted by atomic mass is 10.1. The van der Waals surface area contributed by atoms with Crippen molar-refractivity contribution in [2.24, 2.45) is 0 Å². The van der Waals surface area contributed by atoms with Crippen LogP contribution in [0.5, 0.6) is 0 Å². The molecule has 3 nitrogen and oxygen atoms in total. The Morgan fingerprint density at radius 3 is 2.55 bits per heavy atom. The Morgan fingerprint density at radius 1 is 1.20 bits per heavy atom. The minimum atomic E-state index is -0.758. The quantitative estimate of drug-likeness (QED) is 0.878. The first kappa shape index (κ1) is 14.6. The largest absolute Gasteiger partial charge is 0.481 e. The fourth-order valence-electron chi connectivity index (χ4n) is 2.17. The summed E-state index contributed by atoms with van der Waals surface area (Å²) in [5, 5.41) is 11.0. The van der Waals surface area contributed by atoms with E-state index >= 15 is 0 Å². The van der Waals surface area contributed by atoms with Crippen LogP contribution >= 0.6 is 11.3 Å². The van der Waals surface area contributed by atoms with Crippen LogP contribution in [-0.2, 0) is 11.3 Å². The lowest BCUT2D eigenvalue weighted by Crippen LogP contribution is -2.26. The molecule has 106 valence electrons. The molecule has 0 aliphatic carbocycles. The summed E-state index contributed by atoms with van der Waals surface area (Å²) in [6, 6.07) is 10.2. The van der Waals surface area contributed by atoms with Gasteiger partial charge in [0.15, 0.2) is 0 Å². The van der Waals surface area contributed by atoms with E-state index in [4.69, 9.17) is 5.11 Å². The summed E-state index contributed by atoms with van der Waals surface area (Å²) in [4.78, 5) is 14.3. The summed E-state index contributed by atoms with van der Waals surface area (Å²) in [7, 11) is 0. The molecule has 0 saturated carbocycles. The number of aryl methyl sites for hydroxylation is 2. The Bertz CT molecular complexity index is 592. The number of aliphatic carboxylic acids is 1. The van der Waals surface area contributed by atoms with Crippen molar-refractivity contribution in [1.29, 1.82) is 0 Å². The van der Waals surface area contributed by atoms with Crippen LogP contribution in [0.4, 0.5) is 5.69 Å². The third kappa shape index (κ3) is 3.61. The van der Waals surface area contributed by atoms with Crippen LogP contribution in [0.25, 0.3) is 0 Å². The third-order valence-electron chi connectivity index (χ3n) is 3.35. The molecule has 0 aliphatic heterocycles. The van der Waals surface area contributed by atoms with Crippen LogP contribution in [0.3, 0.4) is 0 Å². The number of hydrogen-bond donors (Lipinski definition) is 1. The summed E-state index contributed by atoms with van der Waals surface area (Å²) in [6.45, 7) is 5.45. The lowest BCUT2D eigenvalue weighted by molar-refractivity contribution is -0.136. The molecule has 0 bridgehead atoms. The maximum Gasteiger partial charge on any atom is 0.305 e. The molecule has 0 unspecified atom stereocenters. The van der Waals surface area contributed by atoms with Gasteiger partial charge in [-0.15, -0.1) is 11.3 Å². The monoisotopic (exact) mass is 289 g/mol. The van der Waals surface area contributed by atoms with Gasteiger partial charge in [0.05, 0.1) is 13.0 Å². The number of carbonyl (C=O) groups is 1. The summed E-state index contributed by atoms with van der Waals surface area (Å²) in [6.07, 6.45) is 0.152. The predicted octanol–water partition coefficient (Wildman–Crippen LogP) is 3.85. The van der Waals surface area contributed by atoms with Crippen molar-refractivity contribution in [3.05, 3.63) is 51.7 Å². The van der Waals surface area contributed by atoms with E-state index < -0.39 is 5.97 Å². The van der Waals surface area contributed by atoms with Crippen molar-refractivity contribution in [2.75, 3.05) is 11.4 Å². The molecule has 0 fully saturated rings. The highest BCUT2D eigenvalue weighted by molar-refractivity contribution is 7.10. The molecule has 2 rings (SSSR count). The van der Waals surface area contributed by atoms with Gasteiger partial charge in [-0.1, -0.05) is 18.2 Å². The number of benzene rings is 1. The molecule has 1 heterocycles. The first-order chi connectivity index (χ1) is 9.58. The van der Waals surface area contributed by atoms with Gasteiger partial charge in [0.1, 0.15) is 0 Å². The summed E-state index contributed by atoms with van der Waals surface area (Å²) < 4.78 is 0. The van der Waals surface area contributed by atoms with Gasteiger partial charge in [-0.25, -0.2) is 0 Å². The van der Waals surface area contributed by atoms with Crippen molar-refractivity contribution in [1.82, 2.24) is 0 Å². The molecule has 20 heavy (non-hydrogen) atoms. The maximum atomic E-state index is 10.9. The second-order valence-electron chi connectivity index (χ2n) is 4.88. The number of nitrogens with zero attached hydrogens (tertiary/aromatic N) is 1. The van der Waals surface area contributed by atoms with Crippen molar-refractivity contribution < 1.29 is 9.90 Å². The third-order valence-corrected chi connectivity index (χ3v) is 4.36. The number of rotatable bonds is 6. The number of hydrogen-bond acceptors (Lipinski definition) is 3. The highest BCUT2D eigenvalue weighted by Crippen LogP contribution is 2.25. The molecule has 1 N–H and O–H groups in total. The van der Waals surface area contributed by atoms with Gasteiger partial charge in [0.25, 0.3) is 0 Å². The Kier molecular flexibility index (Phi) is 4.79. The van der Waals surface area contributed by atoms with E-state index in [9.17, 15) is 4.79 Å². The molecule has 2 aromatic rings. The van der Waals surface area contributed by atoms with Crippen LogP contribution in [0.1, 0.15) is 22.4 Å². The SMILES string of the molecule is Cc1ccccc1N(CCC(=O)O)Cc1sccc1C. The number of para-hydroxylation sites is 1. The van der Waals surface area contributed by atoms with Crippen molar-refractivity contribution in [3.8, 4) is 0 Å². The van der Waals surface area contributed by atoms with Gasteiger partial charge in [-0.3, -0.25) is 4.79 Å². The van der Waals surface area contributed by atoms with E-state index in [0.717, 1.165) is 12.2 Å². The number of carboxylic acids is 1. The van der Waals surface area contributed by atoms with Gasteiger partial charge in [-0.05, 0) is 42.5 Å². The molecule has 0 amide bonds. The van der Waals surface area contributed by atoms with Crippen molar-refractivity contribution >= 4 is 23.0 Å². The Balaban J connectivity index is 2.23. The maximum absolute atomic E-state index is 10.9. The van der Waals surface area contributed by atoms with E-state index in [0.29, 0.717) is 6.54 Å². The zero-order valence-electron chi connectivity index (χ0n) is 11.8. The molecule has 1 aromatic carbocycles. The first-order valence-corrected chi connectivity index (χ1v) is 7.51. The minimum Gasteiger partial charge on any atom is -0.481 e. The second kappa shape index (κ2) is 6.57. The van der Waals surface area contributed by atoms with Crippen LogP contribution in [0.15, 0.2) is 35.7 Å². The highest BCUT2D eigenvalue weighted by atomic mass is 32.1. The molecule has 0 aliphatic rings. The molecule has 1 aromatic heterocycles. The van der Waals surface area contributed by atoms with Gasteiger partial charge < -0.3 is 10.0 Å². The highest BCUT2D eigenvalue weighted by Gasteiger charge is 2.13.